The van der Waals surface area contributed by atoms with Crippen LogP contribution >= 0.6 is 11.3 Å². The van der Waals surface area contributed by atoms with Crippen molar-refractivity contribution in [2.24, 2.45) is 10.1 Å². The van der Waals surface area contributed by atoms with Gasteiger partial charge in [0.05, 0.1) is 24.6 Å². The summed E-state index contributed by atoms with van der Waals surface area (Å²) in [6, 6.07) is 16.6. The number of hydrogen-bond donors (Lipinski definition) is 0. The molecule has 0 spiro atoms. The molecular formula is C21H20FN3OS. The van der Waals surface area contributed by atoms with Crippen LogP contribution in [0.2, 0.25) is 0 Å². The molecule has 1 atom stereocenters. The monoisotopic (exact) mass is 381 g/mol. The Morgan fingerprint density at radius 2 is 1.96 bits per heavy atom. The molecule has 0 N–H and O–H groups in total. The van der Waals surface area contributed by atoms with Gasteiger partial charge in [0.2, 0.25) is 4.80 Å². The molecule has 0 saturated carbocycles. The molecular weight excluding hydrogens is 361 g/mol. The normalized spacial score (nSPS) is 17.8. The highest BCUT2D eigenvalue weighted by Gasteiger charge is 2.15. The summed E-state index contributed by atoms with van der Waals surface area (Å²) in [6.07, 6.45) is 4.04. The van der Waals surface area contributed by atoms with Gasteiger partial charge in [-0.3, -0.25) is 4.99 Å². The van der Waals surface area contributed by atoms with E-state index in [2.05, 4.69) is 5.10 Å². The molecule has 1 aromatic heterocycles. The van der Waals surface area contributed by atoms with Gasteiger partial charge < -0.3 is 4.74 Å². The molecule has 4 nitrogen and oxygen atoms in total. The number of ether oxygens (including phenoxy) is 1. The molecule has 1 fully saturated rings. The smallest absolute Gasteiger partial charge is 0.206 e. The second kappa shape index (κ2) is 8.41. The molecule has 2 heterocycles. The lowest BCUT2D eigenvalue weighted by Gasteiger charge is -2.06. The molecule has 1 saturated heterocycles. The van der Waals surface area contributed by atoms with E-state index in [-0.39, 0.29) is 11.9 Å². The number of rotatable bonds is 5. The van der Waals surface area contributed by atoms with Crippen LogP contribution in [-0.4, -0.2) is 30.1 Å². The van der Waals surface area contributed by atoms with Crippen LogP contribution in [0.5, 0.6) is 0 Å². The van der Waals surface area contributed by atoms with E-state index in [0.717, 1.165) is 29.8 Å². The molecule has 2 aromatic carbocycles. The summed E-state index contributed by atoms with van der Waals surface area (Å²) >= 11 is 1.46. The minimum Gasteiger partial charge on any atom is -0.376 e. The van der Waals surface area contributed by atoms with Gasteiger partial charge >= 0.3 is 0 Å². The van der Waals surface area contributed by atoms with Crippen molar-refractivity contribution >= 4 is 17.6 Å². The summed E-state index contributed by atoms with van der Waals surface area (Å²) in [5, 5.41) is 6.50. The number of thiazole rings is 1. The minimum absolute atomic E-state index is 0.163. The number of aromatic nitrogens is 1. The van der Waals surface area contributed by atoms with E-state index in [1.165, 1.54) is 17.4 Å². The van der Waals surface area contributed by atoms with E-state index in [9.17, 15) is 4.39 Å². The van der Waals surface area contributed by atoms with E-state index in [1.54, 1.807) is 23.0 Å². The first kappa shape index (κ1) is 17.8. The maximum Gasteiger partial charge on any atom is 0.206 e. The Hall–Kier alpha value is -2.57. The molecule has 0 unspecified atom stereocenters. The zero-order chi connectivity index (χ0) is 18.5. The summed E-state index contributed by atoms with van der Waals surface area (Å²) in [7, 11) is 0. The van der Waals surface area contributed by atoms with Crippen LogP contribution in [0.15, 0.2) is 70.1 Å². The third kappa shape index (κ3) is 4.23. The SMILES string of the molecule is Fc1ccccc1-c1csc(=NC[C@@H]2CCCO2)n1/N=C\c1ccccc1. The largest absolute Gasteiger partial charge is 0.376 e. The summed E-state index contributed by atoms with van der Waals surface area (Å²) in [5.74, 6) is -0.273. The van der Waals surface area contributed by atoms with E-state index >= 15 is 0 Å². The molecule has 0 aliphatic carbocycles. The van der Waals surface area contributed by atoms with E-state index in [0.29, 0.717) is 17.8 Å². The van der Waals surface area contributed by atoms with Crippen molar-refractivity contribution in [3.8, 4) is 11.3 Å². The Kier molecular flexibility index (Phi) is 5.55. The van der Waals surface area contributed by atoms with Crippen LogP contribution in [0.25, 0.3) is 11.3 Å². The maximum atomic E-state index is 14.3. The number of hydrogen-bond acceptors (Lipinski definition) is 4. The molecule has 0 amide bonds. The Balaban J connectivity index is 1.74. The highest BCUT2D eigenvalue weighted by molar-refractivity contribution is 7.07. The topological polar surface area (TPSA) is 38.9 Å². The first-order valence-electron chi connectivity index (χ1n) is 8.98. The van der Waals surface area contributed by atoms with Gasteiger partial charge in [-0.15, -0.1) is 11.3 Å². The first-order valence-corrected chi connectivity index (χ1v) is 9.86. The van der Waals surface area contributed by atoms with E-state index in [1.807, 2.05) is 41.8 Å². The van der Waals surface area contributed by atoms with Crippen LogP contribution in [0.1, 0.15) is 18.4 Å². The summed E-state index contributed by atoms with van der Waals surface area (Å²) in [5.41, 5.74) is 2.18. The lowest BCUT2D eigenvalue weighted by Crippen LogP contribution is -2.17. The Bertz CT molecular complexity index is 988. The fourth-order valence-corrected chi connectivity index (χ4v) is 3.84. The third-order valence-electron chi connectivity index (χ3n) is 4.41. The van der Waals surface area contributed by atoms with Crippen molar-refractivity contribution in [2.75, 3.05) is 13.2 Å². The molecule has 138 valence electrons. The van der Waals surface area contributed by atoms with Gasteiger partial charge in [-0.25, -0.2) is 9.07 Å². The lowest BCUT2D eigenvalue weighted by atomic mass is 10.1. The van der Waals surface area contributed by atoms with Gasteiger partial charge in [0.25, 0.3) is 0 Å². The molecule has 1 aliphatic heterocycles. The summed E-state index contributed by atoms with van der Waals surface area (Å²) in [4.78, 5) is 5.43. The molecule has 3 aromatic rings. The molecule has 4 rings (SSSR count). The highest BCUT2D eigenvalue weighted by atomic mass is 32.1. The van der Waals surface area contributed by atoms with Gasteiger partial charge in [0.15, 0.2) is 0 Å². The molecule has 0 bridgehead atoms. The fraction of sp³-hybridized carbons (Fsp3) is 0.238. The number of benzene rings is 2. The maximum absolute atomic E-state index is 14.3. The predicted molar refractivity (Wildman–Crippen MR) is 107 cm³/mol. The summed E-state index contributed by atoms with van der Waals surface area (Å²) in [6.45, 7) is 1.40. The first-order chi connectivity index (χ1) is 13.3. The zero-order valence-electron chi connectivity index (χ0n) is 14.8. The molecule has 27 heavy (non-hydrogen) atoms. The molecule has 0 radical (unpaired) electrons. The van der Waals surface area contributed by atoms with E-state index in [4.69, 9.17) is 9.73 Å². The zero-order valence-corrected chi connectivity index (χ0v) is 15.6. The second-order valence-electron chi connectivity index (χ2n) is 6.33. The van der Waals surface area contributed by atoms with Gasteiger partial charge in [-0.05, 0) is 30.5 Å². The molecule has 6 heteroatoms. The lowest BCUT2D eigenvalue weighted by molar-refractivity contribution is 0.117. The van der Waals surface area contributed by atoms with Crippen LogP contribution < -0.4 is 4.80 Å². The Labute approximate surface area is 161 Å². The minimum atomic E-state index is -0.273. The average molecular weight is 381 g/mol. The van der Waals surface area contributed by atoms with Crippen LogP contribution in [0, 0.1) is 5.82 Å². The van der Waals surface area contributed by atoms with Gasteiger partial charge in [0, 0.05) is 17.6 Å². The number of halogens is 1. The third-order valence-corrected chi connectivity index (χ3v) is 5.27. The van der Waals surface area contributed by atoms with Crippen molar-refractivity contribution in [3.63, 3.8) is 0 Å². The van der Waals surface area contributed by atoms with Crippen LogP contribution in [0.3, 0.4) is 0 Å². The number of nitrogens with zero attached hydrogens (tertiary/aromatic N) is 3. The van der Waals surface area contributed by atoms with Crippen molar-refractivity contribution in [3.05, 3.63) is 76.2 Å². The van der Waals surface area contributed by atoms with Gasteiger partial charge in [-0.2, -0.15) is 5.10 Å². The van der Waals surface area contributed by atoms with E-state index < -0.39 is 0 Å². The van der Waals surface area contributed by atoms with Crippen LogP contribution in [-0.2, 0) is 4.74 Å². The second-order valence-corrected chi connectivity index (χ2v) is 7.16. The predicted octanol–water partition coefficient (Wildman–Crippen LogP) is 4.32. The summed E-state index contributed by atoms with van der Waals surface area (Å²) < 4.78 is 21.7. The highest BCUT2D eigenvalue weighted by Crippen LogP contribution is 2.23. The van der Waals surface area contributed by atoms with Crippen molar-refractivity contribution in [2.45, 2.75) is 18.9 Å². The average Bonchev–Trinajstić information content (AvgIpc) is 3.36. The van der Waals surface area contributed by atoms with Gasteiger partial charge in [-0.1, -0.05) is 42.5 Å². The van der Waals surface area contributed by atoms with Crippen LogP contribution in [0.4, 0.5) is 4.39 Å². The Morgan fingerprint density at radius 3 is 2.74 bits per heavy atom. The van der Waals surface area contributed by atoms with Crippen molar-refractivity contribution in [1.29, 1.82) is 0 Å². The fourth-order valence-electron chi connectivity index (χ4n) is 3.01. The van der Waals surface area contributed by atoms with Crippen molar-refractivity contribution in [1.82, 2.24) is 4.68 Å². The quantitative estimate of drug-likeness (QED) is 0.607. The standard InChI is InChI=1S/C21H20FN3OS/c22-19-11-5-4-10-18(19)20-15-27-21(23-14-17-9-6-12-26-17)25(20)24-13-16-7-2-1-3-8-16/h1-5,7-8,10-11,13,15,17H,6,9,12,14H2/b23-21?,24-13-/t17-/m0/s1. The molecule has 1 aliphatic rings. The van der Waals surface area contributed by atoms with Crippen molar-refractivity contribution < 1.29 is 9.13 Å². The van der Waals surface area contributed by atoms with Gasteiger partial charge in [0.1, 0.15) is 5.82 Å². The Morgan fingerprint density at radius 1 is 1.15 bits per heavy atom.